The van der Waals surface area contributed by atoms with E-state index in [0.717, 1.165) is 0 Å². The smallest absolute Gasteiger partial charge is 0.183 e. The van der Waals surface area contributed by atoms with Crippen LogP contribution in [-0.2, 0) is 4.74 Å². The number of rotatable bonds is 0. The maximum atomic E-state index is 9.00. The van der Waals surface area contributed by atoms with Gasteiger partial charge in [-0.3, -0.25) is 0 Å². The highest BCUT2D eigenvalue weighted by Gasteiger charge is 2.35. The summed E-state index contributed by atoms with van der Waals surface area (Å²) in [6, 6.07) is -0.613. The maximum absolute atomic E-state index is 9.00. The van der Waals surface area contributed by atoms with Crippen LogP contribution in [-0.4, -0.2) is 46.5 Å². The molecule has 0 aromatic rings. The van der Waals surface area contributed by atoms with Crippen molar-refractivity contribution in [1.29, 1.82) is 0 Å². The molecule has 1 aliphatic heterocycles. The standard InChI is InChI=1S/C5H11NO4/c6-2-1-10-5(9)4(8)3(2)7/h2-5,7-9H,1,6H2/t2-,3?,4-,5+/m1/s1. The molecule has 0 aliphatic carbocycles. The van der Waals surface area contributed by atoms with E-state index in [9.17, 15) is 0 Å². The van der Waals surface area contributed by atoms with Gasteiger partial charge in [-0.2, -0.15) is 0 Å². The van der Waals surface area contributed by atoms with Crippen molar-refractivity contribution in [2.75, 3.05) is 6.61 Å². The highest BCUT2D eigenvalue weighted by atomic mass is 16.6. The van der Waals surface area contributed by atoms with Gasteiger partial charge in [0.05, 0.1) is 12.6 Å². The molecule has 0 amide bonds. The van der Waals surface area contributed by atoms with Gasteiger partial charge < -0.3 is 25.8 Å². The number of hydrogen-bond acceptors (Lipinski definition) is 5. The quantitative estimate of drug-likeness (QED) is 0.302. The molecule has 1 aliphatic rings. The lowest BCUT2D eigenvalue weighted by Gasteiger charge is -2.32. The lowest BCUT2D eigenvalue weighted by atomic mass is 10.0. The first-order valence-corrected chi connectivity index (χ1v) is 3.04. The van der Waals surface area contributed by atoms with E-state index >= 15 is 0 Å². The van der Waals surface area contributed by atoms with E-state index in [1.165, 1.54) is 0 Å². The topological polar surface area (TPSA) is 95.9 Å². The van der Waals surface area contributed by atoms with Crippen LogP contribution in [0.1, 0.15) is 0 Å². The molecule has 1 fully saturated rings. The van der Waals surface area contributed by atoms with Crippen molar-refractivity contribution in [3.63, 3.8) is 0 Å². The molecule has 5 N–H and O–H groups in total. The van der Waals surface area contributed by atoms with Gasteiger partial charge in [-0.05, 0) is 0 Å². The van der Waals surface area contributed by atoms with Crippen molar-refractivity contribution >= 4 is 0 Å². The Balaban J connectivity index is 2.52. The molecule has 1 rings (SSSR count). The van der Waals surface area contributed by atoms with E-state index in [4.69, 9.17) is 21.1 Å². The van der Waals surface area contributed by atoms with Gasteiger partial charge in [0, 0.05) is 0 Å². The molecule has 60 valence electrons. The minimum Gasteiger partial charge on any atom is -0.388 e. The molecule has 1 unspecified atom stereocenters. The molecule has 0 spiro atoms. The number of ether oxygens (including phenoxy) is 1. The second kappa shape index (κ2) is 2.81. The summed E-state index contributed by atoms with van der Waals surface area (Å²) in [5.41, 5.74) is 5.28. The highest BCUT2D eigenvalue weighted by Crippen LogP contribution is 2.11. The van der Waals surface area contributed by atoms with Crippen LogP contribution in [0.25, 0.3) is 0 Å². The first-order chi connectivity index (χ1) is 4.63. The van der Waals surface area contributed by atoms with E-state index < -0.39 is 24.5 Å². The number of aliphatic hydroxyl groups is 3. The predicted molar refractivity (Wildman–Crippen MR) is 31.9 cm³/mol. The fourth-order valence-electron chi connectivity index (χ4n) is 0.829. The van der Waals surface area contributed by atoms with Crippen molar-refractivity contribution in [2.45, 2.75) is 24.5 Å². The van der Waals surface area contributed by atoms with Crippen molar-refractivity contribution in [3.05, 3.63) is 0 Å². The third-order valence-electron chi connectivity index (χ3n) is 1.54. The van der Waals surface area contributed by atoms with Crippen molar-refractivity contribution in [3.8, 4) is 0 Å². The summed E-state index contributed by atoms with van der Waals surface area (Å²) in [4.78, 5) is 0. The van der Waals surface area contributed by atoms with Crippen LogP contribution in [0.5, 0.6) is 0 Å². The molecule has 1 heterocycles. The molecule has 5 heteroatoms. The van der Waals surface area contributed by atoms with E-state index in [1.54, 1.807) is 0 Å². The van der Waals surface area contributed by atoms with Crippen LogP contribution in [0.2, 0.25) is 0 Å². The molecule has 5 nitrogen and oxygen atoms in total. The lowest BCUT2D eigenvalue weighted by molar-refractivity contribution is -0.225. The van der Waals surface area contributed by atoms with Crippen LogP contribution >= 0.6 is 0 Å². The van der Waals surface area contributed by atoms with Gasteiger partial charge >= 0.3 is 0 Å². The SMILES string of the molecule is N[C@@H]1CO[C@H](O)[C@H](O)C1O. The fraction of sp³-hybridized carbons (Fsp3) is 1.00. The number of hydrogen-bond donors (Lipinski definition) is 4. The molecule has 0 saturated carbocycles. The summed E-state index contributed by atoms with van der Waals surface area (Å²) in [6.45, 7) is 0.0688. The van der Waals surface area contributed by atoms with Gasteiger partial charge in [-0.25, -0.2) is 0 Å². The first-order valence-electron chi connectivity index (χ1n) is 3.04. The van der Waals surface area contributed by atoms with Crippen LogP contribution < -0.4 is 5.73 Å². The first kappa shape index (κ1) is 7.90. The maximum Gasteiger partial charge on any atom is 0.183 e. The van der Waals surface area contributed by atoms with E-state index in [2.05, 4.69) is 4.74 Å². The lowest BCUT2D eigenvalue weighted by Crippen LogP contribution is -2.56. The van der Waals surface area contributed by atoms with E-state index in [1.807, 2.05) is 0 Å². The minimum atomic E-state index is -1.31. The normalized spacial score (nSPS) is 49.2. The van der Waals surface area contributed by atoms with Crippen LogP contribution in [0.4, 0.5) is 0 Å². The van der Waals surface area contributed by atoms with Gasteiger partial charge in [-0.15, -0.1) is 0 Å². The van der Waals surface area contributed by atoms with Crippen molar-refractivity contribution < 1.29 is 20.1 Å². The fourth-order valence-corrected chi connectivity index (χ4v) is 0.829. The third kappa shape index (κ3) is 1.28. The van der Waals surface area contributed by atoms with Gasteiger partial charge in [0.1, 0.15) is 12.2 Å². The average Bonchev–Trinajstić information content (AvgIpc) is 1.93. The monoisotopic (exact) mass is 149 g/mol. The zero-order chi connectivity index (χ0) is 7.72. The summed E-state index contributed by atoms with van der Waals surface area (Å²) in [5, 5.41) is 26.7. The van der Waals surface area contributed by atoms with Gasteiger partial charge in [0.25, 0.3) is 0 Å². The van der Waals surface area contributed by atoms with Crippen molar-refractivity contribution in [2.24, 2.45) is 5.73 Å². The molecular formula is C5H11NO4. The largest absolute Gasteiger partial charge is 0.388 e. The van der Waals surface area contributed by atoms with E-state index in [-0.39, 0.29) is 6.61 Å². The molecule has 0 aromatic heterocycles. The average molecular weight is 149 g/mol. The van der Waals surface area contributed by atoms with Crippen LogP contribution in [0, 0.1) is 0 Å². The summed E-state index contributed by atoms with van der Waals surface area (Å²) < 4.78 is 4.59. The predicted octanol–water partition coefficient (Wildman–Crippen LogP) is -2.62. The Kier molecular flexibility index (Phi) is 2.22. The summed E-state index contributed by atoms with van der Waals surface area (Å²) in [6.07, 6.45) is -3.69. The van der Waals surface area contributed by atoms with Crippen molar-refractivity contribution in [1.82, 2.24) is 0 Å². The summed E-state index contributed by atoms with van der Waals surface area (Å²) in [5.74, 6) is 0. The Labute approximate surface area is 58.0 Å². The van der Waals surface area contributed by atoms with Crippen LogP contribution in [0.15, 0.2) is 0 Å². The molecule has 4 atom stereocenters. The van der Waals surface area contributed by atoms with Gasteiger partial charge in [0.2, 0.25) is 0 Å². The van der Waals surface area contributed by atoms with Crippen LogP contribution in [0.3, 0.4) is 0 Å². The Bertz CT molecular complexity index is 106. The molecule has 10 heavy (non-hydrogen) atoms. The molecule has 0 radical (unpaired) electrons. The highest BCUT2D eigenvalue weighted by molar-refractivity contribution is 4.84. The third-order valence-corrected chi connectivity index (χ3v) is 1.54. The Hall–Kier alpha value is -0.200. The van der Waals surface area contributed by atoms with E-state index in [0.29, 0.717) is 0 Å². The number of aliphatic hydroxyl groups excluding tert-OH is 3. The Morgan fingerprint density at radius 3 is 2.30 bits per heavy atom. The summed E-state index contributed by atoms with van der Waals surface area (Å²) >= 11 is 0. The zero-order valence-corrected chi connectivity index (χ0v) is 5.34. The Morgan fingerprint density at radius 1 is 1.20 bits per heavy atom. The summed E-state index contributed by atoms with van der Waals surface area (Å²) in [7, 11) is 0. The molecule has 0 aromatic carbocycles. The molecule has 0 bridgehead atoms. The Morgan fingerprint density at radius 2 is 1.80 bits per heavy atom. The van der Waals surface area contributed by atoms with Gasteiger partial charge in [-0.1, -0.05) is 0 Å². The van der Waals surface area contributed by atoms with Gasteiger partial charge in [0.15, 0.2) is 6.29 Å². The minimum absolute atomic E-state index is 0.0688. The molecular weight excluding hydrogens is 138 g/mol. The second-order valence-corrected chi connectivity index (χ2v) is 2.37. The second-order valence-electron chi connectivity index (χ2n) is 2.37. The zero-order valence-electron chi connectivity index (χ0n) is 5.34. The number of nitrogens with two attached hydrogens (primary N) is 1. The molecule has 1 saturated heterocycles.